The van der Waals surface area contributed by atoms with E-state index in [1.807, 2.05) is 25.1 Å². The molecule has 1 atom stereocenters. The van der Waals surface area contributed by atoms with Crippen LogP contribution in [0.4, 0.5) is 5.69 Å². The van der Waals surface area contributed by atoms with Gasteiger partial charge in [-0.15, -0.1) is 12.6 Å². The smallest absolute Gasteiger partial charge is 0.239 e. The van der Waals surface area contributed by atoms with Crippen LogP contribution in [0.2, 0.25) is 0 Å². The quantitative estimate of drug-likeness (QED) is 0.633. The molecule has 0 fully saturated rings. The number of nitrogens with one attached hydrogen (secondary N) is 1. The molecule has 0 spiro atoms. The van der Waals surface area contributed by atoms with E-state index in [9.17, 15) is 4.79 Å². The van der Waals surface area contributed by atoms with E-state index in [1.54, 1.807) is 0 Å². The molecule has 1 unspecified atom stereocenters. The van der Waals surface area contributed by atoms with Crippen molar-refractivity contribution < 1.29 is 4.79 Å². The van der Waals surface area contributed by atoms with Crippen LogP contribution in [0.15, 0.2) is 23.1 Å². The molecule has 1 aromatic carbocycles. The van der Waals surface area contributed by atoms with Crippen LogP contribution in [0.3, 0.4) is 0 Å². The number of anilines is 1. The van der Waals surface area contributed by atoms with Crippen LogP contribution in [0.1, 0.15) is 5.56 Å². The minimum Gasteiger partial charge on any atom is -0.325 e. The summed E-state index contributed by atoms with van der Waals surface area (Å²) in [4.78, 5) is 12.2. The highest BCUT2D eigenvalue weighted by molar-refractivity contribution is 9.12. The maximum absolute atomic E-state index is 11.5. The van der Waals surface area contributed by atoms with Gasteiger partial charge in [-0.05, 0) is 30.7 Å². The van der Waals surface area contributed by atoms with E-state index in [2.05, 4.69) is 49.8 Å². The molecule has 1 amide bonds. The van der Waals surface area contributed by atoms with Crippen molar-refractivity contribution in [2.24, 2.45) is 0 Å². The minimum absolute atomic E-state index is 0.0572. The van der Waals surface area contributed by atoms with Gasteiger partial charge in [-0.25, -0.2) is 0 Å². The first-order valence-electron chi connectivity index (χ1n) is 4.35. The number of aryl methyl sites for hydroxylation is 1. The molecule has 0 aliphatic heterocycles. The van der Waals surface area contributed by atoms with Gasteiger partial charge in [-0.2, -0.15) is 0 Å². The lowest BCUT2D eigenvalue weighted by atomic mass is 10.2. The van der Waals surface area contributed by atoms with Gasteiger partial charge in [0.1, 0.15) is 4.83 Å². The van der Waals surface area contributed by atoms with Crippen LogP contribution in [-0.4, -0.2) is 16.1 Å². The molecule has 0 bridgehead atoms. The topological polar surface area (TPSA) is 29.1 Å². The molecular weight excluding hydrogens is 342 g/mol. The number of thiol groups is 1. The Bertz CT molecular complexity index is 370. The Morgan fingerprint density at radius 2 is 2.27 bits per heavy atom. The molecular formula is C10H11Br2NOS. The Balaban J connectivity index is 2.73. The summed E-state index contributed by atoms with van der Waals surface area (Å²) in [6.07, 6.45) is 0. The maximum Gasteiger partial charge on any atom is 0.239 e. The van der Waals surface area contributed by atoms with E-state index < -0.39 is 0 Å². The van der Waals surface area contributed by atoms with Crippen molar-refractivity contribution in [3.05, 3.63) is 23.8 Å². The number of hydrogen-bond acceptors (Lipinski definition) is 2. The van der Waals surface area contributed by atoms with E-state index in [4.69, 9.17) is 0 Å². The van der Waals surface area contributed by atoms with Crippen molar-refractivity contribution in [1.82, 2.24) is 0 Å². The molecule has 1 aromatic rings. The summed E-state index contributed by atoms with van der Waals surface area (Å²) in [7, 11) is 0. The second-order valence-corrected chi connectivity index (χ2v) is 5.35. The lowest BCUT2D eigenvalue weighted by Gasteiger charge is -2.09. The van der Waals surface area contributed by atoms with Crippen molar-refractivity contribution in [3.8, 4) is 0 Å². The zero-order chi connectivity index (χ0) is 11.4. The van der Waals surface area contributed by atoms with Gasteiger partial charge < -0.3 is 5.32 Å². The molecule has 1 rings (SSSR count). The third-order valence-electron chi connectivity index (χ3n) is 1.88. The molecule has 0 aliphatic rings. The average molecular weight is 353 g/mol. The summed E-state index contributed by atoms with van der Waals surface area (Å²) >= 11 is 10.8. The summed E-state index contributed by atoms with van der Waals surface area (Å²) in [5.74, 6) is -0.0572. The average Bonchev–Trinajstić information content (AvgIpc) is 2.22. The standard InChI is InChI=1S/C10H11Br2NOS/c1-6-4-7(2-3-9(6)15)13-10(14)8(12)5-11/h2-4,8,15H,5H2,1H3,(H,13,14). The van der Waals surface area contributed by atoms with E-state index >= 15 is 0 Å². The summed E-state index contributed by atoms with van der Waals surface area (Å²) in [5, 5.41) is 3.40. The minimum atomic E-state index is -0.214. The van der Waals surface area contributed by atoms with Crippen molar-refractivity contribution in [2.75, 3.05) is 10.6 Å². The number of halogens is 2. The van der Waals surface area contributed by atoms with Crippen LogP contribution in [0.5, 0.6) is 0 Å². The molecule has 15 heavy (non-hydrogen) atoms. The maximum atomic E-state index is 11.5. The van der Waals surface area contributed by atoms with Gasteiger partial charge in [0.2, 0.25) is 5.91 Å². The van der Waals surface area contributed by atoms with Gasteiger partial charge in [-0.1, -0.05) is 31.9 Å². The zero-order valence-corrected chi connectivity index (χ0v) is 12.2. The van der Waals surface area contributed by atoms with Gasteiger partial charge in [0.25, 0.3) is 0 Å². The second-order valence-electron chi connectivity index (χ2n) is 3.11. The van der Waals surface area contributed by atoms with E-state index in [0.717, 1.165) is 16.1 Å². The van der Waals surface area contributed by atoms with Crippen molar-refractivity contribution in [3.63, 3.8) is 0 Å². The molecule has 0 aliphatic carbocycles. The van der Waals surface area contributed by atoms with Crippen LogP contribution in [-0.2, 0) is 4.79 Å². The van der Waals surface area contributed by atoms with Crippen molar-refractivity contribution in [1.29, 1.82) is 0 Å². The molecule has 0 radical (unpaired) electrons. The molecule has 0 saturated heterocycles. The first-order chi connectivity index (χ1) is 7.04. The summed E-state index contributed by atoms with van der Waals surface area (Å²) in [6.45, 7) is 1.95. The third kappa shape index (κ3) is 3.81. The molecule has 0 aromatic heterocycles. The molecule has 82 valence electrons. The van der Waals surface area contributed by atoms with E-state index in [-0.39, 0.29) is 10.7 Å². The number of alkyl halides is 2. The number of carbonyl (C=O) groups is 1. The largest absolute Gasteiger partial charge is 0.325 e. The van der Waals surface area contributed by atoms with Crippen molar-refractivity contribution >= 4 is 56.1 Å². The second kappa shape index (κ2) is 5.92. The predicted octanol–water partition coefficient (Wildman–Crippen LogP) is 3.38. The van der Waals surface area contributed by atoms with Gasteiger partial charge in [0, 0.05) is 15.9 Å². The molecule has 5 heteroatoms. The summed E-state index contributed by atoms with van der Waals surface area (Å²) < 4.78 is 0. The fraction of sp³-hybridized carbons (Fsp3) is 0.300. The number of amides is 1. The first kappa shape index (κ1) is 13.1. The molecule has 1 N–H and O–H groups in total. The number of hydrogen-bond donors (Lipinski definition) is 2. The van der Waals surface area contributed by atoms with Gasteiger partial charge in [0.15, 0.2) is 0 Å². The van der Waals surface area contributed by atoms with Crippen LogP contribution >= 0.6 is 44.5 Å². The van der Waals surface area contributed by atoms with Crippen LogP contribution in [0.25, 0.3) is 0 Å². The Kier molecular flexibility index (Phi) is 5.15. The molecule has 2 nitrogen and oxygen atoms in total. The third-order valence-corrected chi connectivity index (χ3v) is 4.64. The van der Waals surface area contributed by atoms with Gasteiger partial charge >= 0.3 is 0 Å². The fourth-order valence-electron chi connectivity index (χ4n) is 1.02. The number of rotatable bonds is 3. The predicted molar refractivity (Wildman–Crippen MR) is 73.6 cm³/mol. The van der Waals surface area contributed by atoms with Gasteiger partial charge in [0.05, 0.1) is 0 Å². The highest BCUT2D eigenvalue weighted by Crippen LogP contribution is 2.18. The highest BCUT2D eigenvalue weighted by atomic mass is 79.9. The first-order valence-corrected chi connectivity index (χ1v) is 6.83. The van der Waals surface area contributed by atoms with E-state index in [0.29, 0.717) is 5.33 Å². The summed E-state index contributed by atoms with van der Waals surface area (Å²) in [5.41, 5.74) is 1.83. The number of benzene rings is 1. The van der Waals surface area contributed by atoms with E-state index in [1.165, 1.54) is 0 Å². The Morgan fingerprint density at radius 1 is 1.60 bits per heavy atom. The highest BCUT2D eigenvalue weighted by Gasteiger charge is 2.13. The summed E-state index contributed by atoms with van der Waals surface area (Å²) in [6, 6.07) is 5.60. The van der Waals surface area contributed by atoms with Gasteiger partial charge in [-0.3, -0.25) is 4.79 Å². The Hall–Kier alpha value is -0.000000000000000222. The Labute approximate surface area is 111 Å². The SMILES string of the molecule is Cc1cc(NC(=O)C(Br)CBr)ccc1S. The fourth-order valence-corrected chi connectivity index (χ4v) is 1.57. The lowest BCUT2D eigenvalue weighted by Crippen LogP contribution is -2.23. The van der Waals surface area contributed by atoms with Crippen molar-refractivity contribution in [2.45, 2.75) is 16.6 Å². The molecule has 0 saturated carbocycles. The Morgan fingerprint density at radius 3 is 2.80 bits per heavy atom. The normalized spacial score (nSPS) is 12.3. The lowest BCUT2D eigenvalue weighted by molar-refractivity contribution is -0.115. The molecule has 0 heterocycles. The number of carbonyl (C=O) groups excluding carboxylic acids is 1. The van der Waals surface area contributed by atoms with Crippen LogP contribution < -0.4 is 5.32 Å². The monoisotopic (exact) mass is 351 g/mol. The van der Waals surface area contributed by atoms with Crippen LogP contribution in [0, 0.1) is 6.92 Å². The zero-order valence-electron chi connectivity index (χ0n) is 8.13.